The minimum absolute atomic E-state index is 0.0581. The van der Waals surface area contributed by atoms with E-state index in [0.717, 1.165) is 20.7 Å². The maximum absolute atomic E-state index is 13.7. The number of hydrazone groups is 1. The molecule has 3 aromatic carbocycles. The third-order valence-corrected chi connectivity index (χ3v) is 7.85. The summed E-state index contributed by atoms with van der Waals surface area (Å²) in [6.45, 7) is 0. The number of ether oxygens (including phenoxy) is 1. The Kier molecular flexibility index (Phi) is 6.92. The standard InChI is InChI=1S/C24H21FN4O4S2/c1-28(2)35(31,32)20-11-6-17(7-12-20)23(30)29(26-15-16-4-9-19(33-3)10-5-16)24-27-21-13-8-18(25)14-22(21)34-24/h4-15H,1-3H3/b26-15+. The number of halogens is 1. The minimum atomic E-state index is -3.64. The smallest absolute Gasteiger partial charge is 0.280 e. The van der Waals surface area contributed by atoms with Crippen molar-refractivity contribution in [1.29, 1.82) is 0 Å². The van der Waals surface area contributed by atoms with Crippen molar-refractivity contribution in [3.8, 4) is 5.75 Å². The second-order valence-corrected chi connectivity index (χ2v) is 10.7. The van der Waals surface area contributed by atoms with Crippen molar-refractivity contribution in [1.82, 2.24) is 9.29 Å². The van der Waals surface area contributed by atoms with Crippen LogP contribution in [0.4, 0.5) is 9.52 Å². The Balaban J connectivity index is 1.72. The molecule has 0 saturated carbocycles. The Hall–Kier alpha value is -3.67. The second kappa shape index (κ2) is 9.90. The van der Waals surface area contributed by atoms with E-state index in [1.54, 1.807) is 31.4 Å². The van der Waals surface area contributed by atoms with Crippen LogP contribution in [0.15, 0.2) is 76.7 Å². The third kappa shape index (κ3) is 5.21. The average molecular weight is 513 g/mol. The van der Waals surface area contributed by atoms with Gasteiger partial charge in [0.2, 0.25) is 15.2 Å². The lowest BCUT2D eigenvalue weighted by Crippen LogP contribution is -2.26. The van der Waals surface area contributed by atoms with Gasteiger partial charge < -0.3 is 4.74 Å². The number of rotatable bonds is 7. The Morgan fingerprint density at radius 1 is 1.06 bits per heavy atom. The summed E-state index contributed by atoms with van der Waals surface area (Å²) in [5.74, 6) is -0.260. The number of thiazole rings is 1. The van der Waals surface area contributed by atoms with Crippen LogP contribution in [-0.4, -0.2) is 51.0 Å². The average Bonchev–Trinajstić information content (AvgIpc) is 3.27. The van der Waals surface area contributed by atoms with E-state index in [2.05, 4.69) is 10.1 Å². The van der Waals surface area contributed by atoms with Crippen molar-refractivity contribution >= 4 is 48.8 Å². The Morgan fingerprint density at radius 3 is 2.37 bits per heavy atom. The molecular formula is C24H21FN4O4S2. The van der Waals surface area contributed by atoms with Crippen LogP contribution in [0.5, 0.6) is 5.75 Å². The van der Waals surface area contributed by atoms with E-state index in [9.17, 15) is 17.6 Å². The number of amides is 1. The Bertz CT molecular complexity index is 1500. The summed E-state index contributed by atoms with van der Waals surface area (Å²) in [6, 6.07) is 16.8. The summed E-state index contributed by atoms with van der Waals surface area (Å²) in [5, 5.41) is 5.71. The zero-order chi connectivity index (χ0) is 25.2. The first-order chi connectivity index (χ1) is 16.7. The summed E-state index contributed by atoms with van der Waals surface area (Å²) < 4.78 is 45.2. The van der Waals surface area contributed by atoms with Crippen molar-refractivity contribution in [3.05, 3.63) is 83.7 Å². The summed E-state index contributed by atoms with van der Waals surface area (Å²) >= 11 is 1.11. The number of methoxy groups -OCH3 is 1. The number of aromatic nitrogens is 1. The molecule has 35 heavy (non-hydrogen) atoms. The molecule has 0 aliphatic rings. The van der Waals surface area contributed by atoms with Gasteiger partial charge in [-0.3, -0.25) is 4.79 Å². The van der Waals surface area contributed by atoms with Gasteiger partial charge in [-0.25, -0.2) is 22.1 Å². The molecule has 1 amide bonds. The van der Waals surface area contributed by atoms with E-state index < -0.39 is 21.7 Å². The molecule has 0 aliphatic carbocycles. The first kappa shape index (κ1) is 24.5. The Morgan fingerprint density at radius 2 is 1.74 bits per heavy atom. The number of hydrogen-bond donors (Lipinski definition) is 0. The van der Waals surface area contributed by atoms with Crippen molar-refractivity contribution in [2.24, 2.45) is 5.10 Å². The third-order valence-electron chi connectivity index (χ3n) is 5.03. The number of fused-ring (bicyclic) bond motifs is 1. The summed E-state index contributed by atoms with van der Waals surface area (Å²) in [4.78, 5) is 17.9. The van der Waals surface area contributed by atoms with Gasteiger partial charge in [0.15, 0.2) is 0 Å². The fraction of sp³-hybridized carbons (Fsp3) is 0.125. The number of carbonyl (C=O) groups excluding carboxylic acids is 1. The van der Waals surface area contributed by atoms with Crippen molar-refractivity contribution in [2.75, 3.05) is 26.2 Å². The maximum Gasteiger partial charge on any atom is 0.280 e. The van der Waals surface area contributed by atoms with E-state index >= 15 is 0 Å². The minimum Gasteiger partial charge on any atom is -0.497 e. The van der Waals surface area contributed by atoms with E-state index in [1.807, 2.05) is 0 Å². The second-order valence-electron chi connectivity index (χ2n) is 7.55. The van der Waals surface area contributed by atoms with Gasteiger partial charge in [0.25, 0.3) is 5.91 Å². The van der Waals surface area contributed by atoms with Gasteiger partial charge in [0, 0.05) is 19.7 Å². The van der Waals surface area contributed by atoms with Gasteiger partial charge in [-0.15, -0.1) is 0 Å². The van der Waals surface area contributed by atoms with Crippen LogP contribution in [0.2, 0.25) is 0 Å². The zero-order valence-corrected chi connectivity index (χ0v) is 20.7. The van der Waals surface area contributed by atoms with Gasteiger partial charge >= 0.3 is 0 Å². The quantitative estimate of drug-likeness (QED) is 0.271. The van der Waals surface area contributed by atoms with E-state index in [4.69, 9.17) is 4.74 Å². The Labute approximate surface area is 205 Å². The highest BCUT2D eigenvalue weighted by Gasteiger charge is 2.23. The monoisotopic (exact) mass is 512 g/mol. The van der Waals surface area contributed by atoms with Gasteiger partial charge in [-0.2, -0.15) is 10.1 Å². The van der Waals surface area contributed by atoms with Gasteiger partial charge in [-0.1, -0.05) is 11.3 Å². The SMILES string of the molecule is COc1ccc(/C=N/N(C(=O)c2ccc(S(=O)(=O)N(C)C)cc2)c2nc3ccc(F)cc3s2)cc1. The molecule has 8 nitrogen and oxygen atoms in total. The lowest BCUT2D eigenvalue weighted by molar-refractivity contribution is 0.0987. The fourth-order valence-electron chi connectivity index (χ4n) is 3.08. The highest BCUT2D eigenvalue weighted by molar-refractivity contribution is 7.89. The summed E-state index contributed by atoms with van der Waals surface area (Å²) in [6.07, 6.45) is 1.49. The van der Waals surface area contributed by atoms with Crippen LogP contribution in [0.25, 0.3) is 10.2 Å². The van der Waals surface area contributed by atoms with Crippen molar-refractivity contribution < 1.29 is 22.3 Å². The van der Waals surface area contributed by atoms with Crippen LogP contribution in [0.3, 0.4) is 0 Å². The molecule has 0 fully saturated rings. The molecule has 0 atom stereocenters. The van der Waals surface area contributed by atoms with Crippen LogP contribution in [0, 0.1) is 5.82 Å². The molecule has 0 saturated heterocycles. The largest absolute Gasteiger partial charge is 0.497 e. The molecule has 4 rings (SSSR count). The van der Waals surface area contributed by atoms with Gasteiger partial charge in [0.1, 0.15) is 11.6 Å². The van der Waals surface area contributed by atoms with Gasteiger partial charge in [0.05, 0.1) is 28.4 Å². The molecule has 4 aromatic rings. The topological polar surface area (TPSA) is 92.2 Å². The van der Waals surface area contributed by atoms with Crippen molar-refractivity contribution in [3.63, 3.8) is 0 Å². The predicted molar refractivity (Wildman–Crippen MR) is 134 cm³/mol. The van der Waals surface area contributed by atoms with E-state index in [1.165, 1.54) is 62.8 Å². The first-order valence-electron chi connectivity index (χ1n) is 10.3. The lowest BCUT2D eigenvalue weighted by atomic mass is 10.2. The molecule has 0 N–H and O–H groups in total. The molecule has 11 heteroatoms. The fourth-order valence-corrected chi connectivity index (χ4v) is 4.93. The van der Waals surface area contributed by atoms with Crippen LogP contribution in [-0.2, 0) is 10.0 Å². The molecule has 0 spiro atoms. The van der Waals surface area contributed by atoms with Crippen molar-refractivity contribution in [2.45, 2.75) is 4.90 Å². The molecule has 0 bridgehead atoms. The lowest BCUT2D eigenvalue weighted by Gasteiger charge is -2.15. The van der Waals surface area contributed by atoms with Crippen LogP contribution >= 0.6 is 11.3 Å². The zero-order valence-electron chi connectivity index (χ0n) is 19.0. The number of carbonyl (C=O) groups is 1. The maximum atomic E-state index is 13.7. The normalized spacial score (nSPS) is 11.9. The van der Waals surface area contributed by atoms with Crippen LogP contribution < -0.4 is 9.75 Å². The summed E-state index contributed by atoms with van der Waals surface area (Å²) in [5.41, 5.74) is 1.44. The summed E-state index contributed by atoms with van der Waals surface area (Å²) in [7, 11) is 0.783. The number of benzene rings is 3. The van der Waals surface area contributed by atoms with E-state index in [0.29, 0.717) is 21.5 Å². The van der Waals surface area contributed by atoms with Crippen LogP contribution in [0.1, 0.15) is 15.9 Å². The number of sulfonamides is 1. The number of anilines is 1. The molecule has 180 valence electrons. The molecule has 0 unspecified atom stereocenters. The van der Waals surface area contributed by atoms with E-state index in [-0.39, 0.29) is 15.6 Å². The molecule has 0 aliphatic heterocycles. The van der Waals surface area contributed by atoms with Gasteiger partial charge in [-0.05, 0) is 72.3 Å². The molecular weight excluding hydrogens is 491 g/mol. The molecule has 1 heterocycles. The molecule has 1 aromatic heterocycles. The highest BCUT2D eigenvalue weighted by atomic mass is 32.2. The predicted octanol–water partition coefficient (Wildman–Crippen LogP) is 4.38. The highest BCUT2D eigenvalue weighted by Crippen LogP contribution is 2.31. The molecule has 0 radical (unpaired) electrons. The first-order valence-corrected chi connectivity index (χ1v) is 12.6. The number of nitrogens with zero attached hydrogens (tertiary/aromatic N) is 4. The number of hydrogen-bond acceptors (Lipinski definition) is 7.